The molecule has 0 aliphatic heterocycles. The van der Waals surface area contributed by atoms with Crippen LogP contribution in [0.2, 0.25) is 0 Å². The summed E-state index contributed by atoms with van der Waals surface area (Å²) in [7, 11) is 0. The van der Waals surface area contributed by atoms with E-state index in [1.54, 1.807) is 6.08 Å². The van der Waals surface area contributed by atoms with Crippen molar-refractivity contribution in [3.8, 4) is 0 Å². The minimum Gasteiger partial charge on any atom is -0.461 e. The molecule has 3 nitrogen and oxygen atoms in total. The van der Waals surface area contributed by atoms with Gasteiger partial charge < -0.3 is 4.74 Å². The van der Waals surface area contributed by atoms with Gasteiger partial charge in [-0.3, -0.25) is 9.59 Å². The molecular weight excluding hydrogens is 228 g/mol. The standard InChI is InChI=1S/C15H24O3/c1-3-5-6-7-10-15(11-8-9-13(15)16)14(17)18-12-4-2/h4H,2-3,5-12H2,1H3. The summed E-state index contributed by atoms with van der Waals surface area (Å²) in [6.45, 7) is 5.87. The van der Waals surface area contributed by atoms with Crippen LogP contribution in [0.1, 0.15) is 58.3 Å². The lowest BCUT2D eigenvalue weighted by Gasteiger charge is -2.24. The molecule has 0 radical (unpaired) electrons. The van der Waals surface area contributed by atoms with E-state index in [0.29, 0.717) is 19.3 Å². The molecule has 0 aromatic rings. The van der Waals surface area contributed by atoms with Crippen molar-refractivity contribution >= 4 is 11.8 Å². The number of carbonyl (C=O) groups excluding carboxylic acids is 2. The number of carbonyl (C=O) groups is 2. The average molecular weight is 252 g/mol. The SMILES string of the molecule is C=CCOC(=O)C1(CCCCCC)CCCC1=O. The number of hydrogen-bond donors (Lipinski definition) is 0. The molecule has 1 saturated carbocycles. The number of ether oxygens (including phenoxy) is 1. The van der Waals surface area contributed by atoms with Crippen LogP contribution in [0.15, 0.2) is 12.7 Å². The Kier molecular flexibility index (Phi) is 6.10. The van der Waals surface area contributed by atoms with Gasteiger partial charge in [0.15, 0.2) is 0 Å². The third-order valence-corrected chi connectivity index (χ3v) is 3.72. The van der Waals surface area contributed by atoms with E-state index < -0.39 is 5.41 Å². The molecule has 1 unspecified atom stereocenters. The first-order valence-corrected chi connectivity index (χ1v) is 6.99. The summed E-state index contributed by atoms with van der Waals surface area (Å²) in [5, 5.41) is 0. The van der Waals surface area contributed by atoms with Crippen molar-refractivity contribution in [3.63, 3.8) is 0 Å². The van der Waals surface area contributed by atoms with Gasteiger partial charge in [0.2, 0.25) is 0 Å². The molecule has 0 saturated heterocycles. The zero-order valence-electron chi connectivity index (χ0n) is 11.4. The summed E-state index contributed by atoms with van der Waals surface area (Å²) >= 11 is 0. The van der Waals surface area contributed by atoms with Crippen LogP contribution in [-0.4, -0.2) is 18.4 Å². The van der Waals surface area contributed by atoms with E-state index in [2.05, 4.69) is 13.5 Å². The van der Waals surface area contributed by atoms with E-state index in [1.165, 1.54) is 0 Å². The van der Waals surface area contributed by atoms with Gasteiger partial charge >= 0.3 is 5.97 Å². The molecule has 0 aromatic heterocycles. The normalized spacial score (nSPS) is 23.1. The van der Waals surface area contributed by atoms with Gasteiger partial charge in [0.05, 0.1) is 0 Å². The average Bonchev–Trinajstić information content (AvgIpc) is 2.74. The molecule has 0 bridgehead atoms. The van der Waals surface area contributed by atoms with Gasteiger partial charge in [-0.15, -0.1) is 0 Å². The predicted octanol–water partition coefficient (Wildman–Crippen LogP) is 3.43. The highest BCUT2D eigenvalue weighted by Crippen LogP contribution is 2.40. The Hall–Kier alpha value is -1.12. The number of rotatable bonds is 8. The molecular formula is C15H24O3. The Morgan fingerprint density at radius 2 is 2.22 bits per heavy atom. The maximum absolute atomic E-state index is 12.1. The first-order valence-electron chi connectivity index (χ1n) is 6.99. The van der Waals surface area contributed by atoms with Crippen LogP contribution in [0.3, 0.4) is 0 Å². The monoisotopic (exact) mass is 252 g/mol. The number of ketones is 1. The lowest BCUT2D eigenvalue weighted by molar-refractivity contribution is -0.158. The van der Waals surface area contributed by atoms with Crippen LogP contribution in [0.25, 0.3) is 0 Å². The van der Waals surface area contributed by atoms with Crippen LogP contribution in [0.4, 0.5) is 0 Å². The minimum absolute atomic E-state index is 0.0769. The Morgan fingerprint density at radius 3 is 2.78 bits per heavy atom. The van der Waals surface area contributed by atoms with Crippen molar-refractivity contribution in [2.75, 3.05) is 6.61 Å². The largest absolute Gasteiger partial charge is 0.461 e. The maximum Gasteiger partial charge on any atom is 0.319 e. The lowest BCUT2D eigenvalue weighted by Crippen LogP contribution is -2.37. The third-order valence-electron chi connectivity index (χ3n) is 3.72. The molecule has 1 aliphatic carbocycles. The number of hydrogen-bond acceptors (Lipinski definition) is 3. The molecule has 0 amide bonds. The molecule has 1 aliphatic rings. The van der Waals surface area contributed by atoms with Crippen molar-refractivity contribution in [2.24, 2.45) is 5.41 Å². The first kappa shape index (κ1) is 14.9. The summed E-state index contributed by atoms with van der Waals surface area (Å²) in [6, 6.07) is 0. The number of unbranched alkanes of at least 4 members (excludes halogenated alkanes) is 3. The summed E-state index contributed by atoms with van der Waals surface area (Å²) in [5.41, 5.74) is -0.837. The maximum atomic E-state index is 12.1. The Morgan fingerprint density at radius 1 is 1.44 bits per heavy atom. The molecule has 0 heterocycles. The highest BCUT2D eigenvalue weighted by molar-refractivity contribution is 6.05. The molecule has 3 heteroatoms. The van der Waals surface area contributed by atoms with Crippen molar-refractivity contribution in [1.82, 2.24) is 0 Å². The van der Waals surface area contributed by atoms with E-state index >= 15 is 0 Å². The fraction of sp³-hybridized carbons (Fsp3) is 0.733. The number of esters is 1. The van der Waals surface area contributed by atoms with E-state index in [-0.39, 0.29) is 18.4 Å². The first-order chi connectivity index (χ1) is 8.67. The second-order valence-corrected chi connectivity index (χ2v) is 5.06. The second kappa shape index (κ2) is 7.34. The molecule has 102 valence electrons. The van der Waals surface area contributed by atoms with E-state index in [4.69, 9.17) is 4.74 Å². The molecule has 0 N–H and O–H groups in total. The van der Waals surface area contributed by atoms with Gasteiger partial charge in [-0.2, -0.15) is 0 Å². The molecule has 0 aromatic carbocycles. The zero-order valence-corrected chi connectivity index (χ0v) is 11.4. The summed E-state index contributed by atoms with van der Waals surface area (Å²) in [5.74, 6) is -0.255. The van der Waals surface area contributed by atoms with Crippen LogP contribution >= 0.6 is 0 Å². The van der Waals surface area contributed by atoms with Gasteiger partial charge in [-0.05, 0) is 19.3 Å². The fourth-order valence-electron chi connectivity index (χ4n) is 2.64. The molecule has 1 rings (SSSR count). The quantitative estimate of drug-likeness (QED) is 0.288. The van der Waals surface area contributed by atoms with Gasteiger partial charge in [0, 0.05) is 6.42 Å². The van der Waals surface area contributed by atoms with Gasteiger partial charge in [-0.1, -0.05) is 45.3 Å². The van der Waals surface area contributed by atoms with Crippen LogP contribution in [0.5, 0.6) is 0 Å². The molecule has 1 atom stereocenters. The molecule has 18 heavy (non-hydrogen) atoms. The van der Waals surface area contributed by atoms with Crippen molar-refractivity contribution in [2.45, 2.75) is 58.3 Å². The van der Waals surface area contributed by atoms with E-state index in [9.17, 15) is 9.59 Å². The van der Waals surface area contributed by atoms with Crippen molar-refractivity contribution < 1.29 is 14.3 Å². The Labute approximate surface area is 110 Å². The van der Waals surface area contributed by atoms with E-state index in [0.717, 1.165) is 32.1 Å². The van der Waals surface area contributed by atoms with Gasteiger partial charge in [0.25, 0.3) is 0 Å². The van der Waals surface area contributed by atoms with E-state index in [1.807, 2.05) is 0 Å². The topological polar surface area (TPSA) is 43.4 Å². The fourth-order valence-corrected chi connectivity index (χ4v) is 2.64. The molecule has 0 spiro atoms. The summed E-state index contributed by atoms with van der Waals surface area (Å²) in [4.78, 5) is 24.1. The summed E-state index contributed by atoms with van der Waals surface area (Å²) in [6.07, 6.45) is 8.53. The van der Waals surface area contributed by atoms with Gasteiger partial charge in [-0.25, -0.2) is 0 Å². The lowest BCUT2D eigenvalue weighted by atomic mass is 9.80. The smallest absolute Gasteiger partial charge is 0.319 e. The van der Waals surface area contributed by atoms with Gasteiger partial charge in [0.1, 0.15) is 17.8 Å². The Bertz CT molecular complexity index is 309. The number of Topliss-reactive ketones (excluding diaryl/α,β-unsaturated/α-hetero) is 1. The van der Waals surface area contributed by atoms with Crippen molar-refractivity contribution in [3.05, 3.63) is 12.7 Å². The van der Waals surface area contributed by atoms with Crippen LogP contribution < -0.4 is 0 Å². The Balaban J connectivity index is 2.61. The minimum atomic E-state index is -0.837. The second-order valence-electron chi connectivity index (χ2n) is 5.06. The molecule has 1 fully saturated rings. The summed E-state index contributed by atoms with van der Waals surface area (Å²) < 4.78 is 5.13. The third kappa shape index (κ3) is 3.44. The van der Waals surface area contributed by atoms with Crippen LogP contribution in [0, 0.1) is 5.41 Å². The predicted molar refractivity (Wildman–Crippen MR) is 71.2 cm³/mol. The highest BCUT2D eigenvalue weighted by atomic mass is 16.5. The van der Waals surface area contributed by atoms with Crippen molar-refractivity contribution in [1.29, 1.82) is 0 Å². The highest BCUT2D eigenvalue weighted by Gasteiger charge is 2.48. The van der Waals surface area contributed by atoms with Crippen LogP contribution in [-0.2, 0) is 14.3 Å². The zero-order chi connectivity index (χ0) is 13.4.